The predicted octanol–water partition coefficient (Wildman–Crippen LogP) is 2.44. The summed E-state index contributed by atoms with van der Waals surface area (Å²) in [5.41, 5.74) is 0. The summed E-state index contributed by atoms with van der Waals surface area (Å²) in [5.74, 6) is 0.537. The number of Topliss-reactive ketones (excluding diaryl/α,β-unsaturated/α-hetero) is 1. The number of amides is 2. The molecule has 0 aromatic carbocycles. The Morgan fingerprint density at radius 2 is 1.64 bits per heavy atom. The molecule has 2 fully saturated rings. The molecule has 2 unspecified atom stereocenters. The zero-order valence-electron chi connectivity index (χ0n) is 13.6. The second-order valence-corrected chi connectivity index (χ2v) is 7.08. The van der Waals surface area contributed by atoms with Crippen molar-refractivity contribution < 1.29 is 14.4 Å². The molecule has 124 valence electrons. The first-order valence-electron chi connectivity index (χ1n) is 8.59. The summed E-state index contributed by atoms with van der Waals surface area (Å²) in [5, 5.41) is 5.55. The summed E-state index contributed by atoms with van der Waals surface area (Å²) in [7, 11) is 0. The summed E-state index contributed by atoms with van der Waals surface area (Å²) >= 11 is 0. The molecule has 2 atom stereocenters. The number of aldehydes is 1. The largest absolute Gasteiger partial charge is 0.328 e. The molecule has 0 aromatic rings. The molecule has 5 heteroatoms. The van der Waals surface area contributed by atoms with Gasteiger partial charge in [0.1, 0.15) is 6.29 Å². The van der Waals surface area contributed by atoms with Gasteiger partial charge in [-0.05, 0) is 37.5 Å². The van der Waals surface area contributed by atoms with Crippen molar-refractivity contribution in [2.24, 2.45) is 17.8 Å². The second kappa shape index (κ2) is 7.75. The lowest BCUT2D eigenvalue weighted by Crippen LogP contribution is -2.53. The van der Waals surface area contributed by atoms with Gasteiger partial charge >= 0.3 is 6.03 Å². The molecule has 0 aromatic heterocycles. The molecule has 0 spiro atoms. The van der Waals surface area contributed by atoms with E-state index in [1.807, 2.05) is 13.8 Å². The first-order valence-corrected chi connectivity index (χ1v) is 8.59. The van der Waals surface area contributed by atoms with Gasteiger partial charge in [0.25, 0.3) is 0 Å². The minimum Gasteiger partial charge on any atom is -0.328 e. The summed E-state index contributed by atoms with van der Waals surface area (Å²) in [6.07, 6.45) is 8.12. The minimum absolute atomic E-state index is 0.0585. The molecule has 0 aliphatic heterocycles. The molecule has 2 aliphatic rings. The molecule has 2 saturated carbocycles. The fourth-order valence-electron chi connectivity index (χ4n) is 3.28. The number of hydrogen-bond acceptors (Lipinski definition) is 3. The van der Waals surface area contributed by atoms with E-state index in [-0.39, 0.29) is 23.5 Å². The molecule has 0 saturated heterocycles. The standard InChI is InChI=1S/C17H28N2O3/c1-11(2)15(16(21)13-8-9-13)19-17(22)18-14(10-20)12-6-4-3-5-7-12/h10-15H,3-9H2,1-2H3,(H2,18,19,22). The van der Waals surface area contributed by atoms with E-state index in [1.165, 1.54) is 6.42 Å². The van der Waals surface area contributed by atoms with E-state index in [9.17, 15) is 14.4 Å². The van der Waals surface area contributed by atoms with E-state index in [4.69, 9.17) is 0 Å². The summed E-state index contributed by atoms with van der Waals surface area (Å²) in [6.45, 7) is 3.87. The summed E-state index contributed by atoms with van der Waals surface area (Å²) in [4.78, 5) is 35.7. The van der Waals surface area contributed by atoms with Gasteiger partial charge in [0.2, 0.25) is 0 Å². The fourth-order valence-corrected chi connectivity index (χ4v) is 3.28. The third kappa shape index (κ3) is 4.55. The normalized spacial score (nSPS) is 22.0. The fraction of sp³-hybridized carbons (Fsp3) is 0.824. The van der Waals surface area contributed by atoms with Crippen LogP contribution in [-0.2, 0) is 9.59 Å². The summed E-state index contributed by atoms with van der Waals surface area (Å²) in [6, 6.07) is -1.29. The molecule has 2 N–H and O–H groups in total. The van der Waals surface area contributed by atoms with Gasteiger partial charge in [0.05, 0.1) is 12.1 Å². The van der Waals surface area contributed by atoms with Crippen LogP contribution in [0.5, 0.6) is 0 Å². The molecule has 2 aliphatic carbocycles. The average Bonchev–Trinajstić information content (AvgIpc) is 3.35. The van der Waals surface area contributed by atoms with Crippen LogP contribution < -0.4 is 10.6 Å². The van der Waals surface area contributed by atoms with Crippen LogP contribution in [0.4, 0.5) is 4.79 Å². The number of hydrogen-bond donors (Lipinski definition) is 2. The van der Waals surface area contributed by atoms with Crippen LogP contribution >= 0.6 is 0 Å². The lowest BCUT2D eigenvalue weighted by Gasteiger charge is -2.28. The highest BCUT2D eigenvalue weighted by molar-refractivity contribution is 5.92. The number of nitrogens with one attached hydrogen (secondary N) is 2. The first-order chi connectivity index (χ1) is 10.5. The maximum absolute atomic E-state index is 12.2. The smallest absolute Gasteiger partial charge is 0.315 e. The zero-order valence-corrected chi connectivity index (χ0v) is 13.6. The minimum atomic E-state index is -0.453. The number of carbonyl (C=O) groups is 3. The third-order valence-corrected chi connectivity index (χ3v) is 4.84. The van der Waals surface area contributed by atoms with Gasteiger partial charge in [-0.1, -0.05) is 33.1 Å². The van der Waals surface area contributed by atoms with Crippen LogP contribution in [-0.4, -0.2) is 30.2 Å². The number of ketones is 1. The highest BCUT2D eigenvalue weighted by atomic mass is 16.2. The second-order valence-electron chi connectivity index (χ2n) is 7.08. The molecule has 22 heavy (non-hydrogen) atoms. The maximum Gasteiger partial charge on any atom is 0.315 e. The SMILES string of the molecule is CC(C)C(NC(=O)NC(C=O)C1CCCCC1)C(=O)C1CC1. The number of carbonyl (C=O) groups excluding carboxylic acids is 3. The molecule has 2 rings (SSSR count). The summed E-state index contributed by atoms with van der Waals surface area (Å²) < 4.78 is 0. The van der Waals surface area contributed by atoms with Gasteiger partial charge in [-0.2, -0.15) is 0 Å². The van der Waals surface area contributed by atoms with Crippen LogP contribution in [0.15, 0.2) is 0 Å². The molecular formula is C17H28N2O3. The third-order valence-electron chi connectivity index (χ3n) is 4.84. The van der Waals surface area contributed by atoms with Crippen LogP contribution in [0, 0.1) is 17.8 Å². The van der Waals surface area contributed by atoms with Crippen molar-refractivity contribution >= 4 is 18.1 Å². The Kier molecular flexibility index (Phi) is 5.98. The molecule has 0 heterocycles. The van der Waals surface area contributed by atoms with E-state index in [0.29, 0.717) is 0 Å². The van der Waals surface area contributed by atoms with Crippen LogP contribution in [0.1, 0.15) is 58.8 Å². The Bertz CT molecular complexity index is 412. The lowest BCUT2D eigenvalue weighted by atomic mass is 9.84. The van der Waals surface area contributed by atoms with Crippen LogP contribution in [0.25, 0.3) is 0 Å². The Balaban J connectivity index is 1.88. The number of urea groups is 1. The Labute approximate surface area is 132 Å². The van der Waals surface area contributed by atoms with Gasteiger partial charge in [-0.15, -0.1) is 0 Å². The van der Waals surface area contributed by atoms with Crippen molar-refractivity contribution in [1.29, 1.82) is 0 Å². The maximum atomic E-state index is 12.2. The van der Waals surface area contributed by atoms with E-state index in [1.54, 1.807) is 0 Å². The van der Waals surface area contributed by atoms with Crippen LogP contribution in [0.3, 0.4) is 0 Å². The van der Waals surface area contributed by atoms with Crippen LogP contribution in [0.2, 0.25) is 0 Å². The van der Waals surface area contributed by atoms with Gasteiger partial charge < -0.3 is 15.4 Å². The molecule has 0 radical (unpaired) electrons. The molecule has 5 nitrogen and oxygen atoms in total. The zero-order chi connectivity index (χ0) is 16.1. The van der Waals surface area contributed by atoms with Crippen molar-refractivity contribution in [2.75, 3.05) is 0 Å². The lowest BCUT2D eigenvalue weighted by molar-refractivity contribution is -0.123. The highest BCUT2D eigenvalue weighted by Crippen LogP contribution is 2.32. The number of rotatable bonds is 7. The Morgan fingerprint density at radius 1 is 1.00 bits per heavy atom. The van der Waals surface area contributed by atoms with Gasteiger partial charge in [0, 0.05) is 5.92 Å². The average molecular weight is 308 g/mol. The van der Waals surface area contributed by atoms with Crippen molar-refractivity contribution in [2.45, 2.75) is 70.9 Å². The van der Waals surface area contributed by atoms with Crippen molar-refractivity contribution in [3.8, 4) is 0 Å². The van der Waals surface area contributed by atoms with E-state index in [0.717, 1.165) is 44.8 Å². The first kappa shape index (κ1) is 17.0. The van der Waals surface area contributed by atoms with Crippen molar-refractivity contribution in [1.82, 2.24) is 10.6 Å². The van der Waals surface area contributed by atoms with Crippen molar-refractivity contribution in [3.63, 3.8) is 0 Å². The molecular weight excluding hydrogens is 280 g/mol. The topological polar surface area (TPSA) is 75.3 Å². The monoisotopic (exact) mass is 308 g/mol. The van der Waals surface area contributed by atoms with E-state index >= 15 is 0 Å². The Hall–Kier alpha value is -1.39. The quantitative estimate of drug-likeness (QED) is 0.709. The predicted molar refractivity (Wildman–Crippen MR) is 84.5 cm³/mol. The Morgan fingerprint density at radius 3 is 2.14 bits per heavy atom. The highest BCUT2D eigenvalue weighted by Gasteiger charge is 2.37. The van der Waals surface area contributed by atoms with E-state index in [2.05, 4.69) is 10.6 Å². The van der Waals surface area contributed by atoms with Gasteiger partial charge in [0.15, 0.2) is 5.78 Å². The van der Waals surface area contributed by atoms with Gasteiger partial charge in [-0.3, -0.25) is 4.79 Å². The van der Waals surface area contributed by atoms with Gasteiger partial charge in [-0.25, -0.2) is 4.79 Å². The van der Waals surface area contributed by atoms with Crippen molar-refractivity contribution in [3.05, 3.63) is 0 Å². The molecule has 0 bridgehead atoms. The van der Waals surface area contributed by atoms with E-state index < -0.39 is 18.1 Å². The molecule has 2 amide bonds.